The number of rotatable bonds is 12. The minimum absolute atomic E-state index is 0.143. The van der Waals surface area contributed by atoms with Gasteiger partial charge in [-0.15, -0.1) is 0 Å². The van der Waals surface area contributed by atoms with Crippen LogP contribution >= 0.6 is 0 Å². The number of hydrogen-bond donors (Lipinski definition) is 0. The SMILES string of the molecule is CC(C)COc1ccc(S(=O)(=O)N(Cc2ccccc2)S(=O)(=O)c2ccc(OCC(C)C)cc2)cc1. The maximum Gasteiger partial charge on any atom is 0.256 e. The van der Waals surface area contributed by atoms with Crippen LogP contribution in [0, 0.1) is 11.8 Å². The van der Waals surface area contributed by atoms with Crippen LogP contribution in [-0.4, -0.2) is 33.8 Å². The maximum absolute atomic E-state index is 13.7. The fourth-order valence-electron chi connectivity index (χ4n) is 3.21. The zero-order chi connectivity index (χ0) is 26.3. The van der Waals surface area contributed by atoms with E-state index in [1.54, 1.807) is 30.3 Å². The van der Waals surface area contributed by atoms with Crippen LogP contribution in [0.5, 0.6) is 11.5 Å². The molecule has 0 aromatic heterocycles. The van der Waals surface area contributed by atoms with Crippen LogP contribution in [0.3, 0.4) is 0 Å². The van der Waals surface area contributed by atoms with Gasteiger partial charge in [0.05, 0.1) is 29.5 Å². The van der Waals surface area contributed by atoms with Crippen molar-refractivity contribution in [2.75, 3.05) is 13.2 Å². The first-order valence-electron chi connectivity index (χ1n) is 11.8. The van der Waals surface area contributed by atoms with Gasteiger partial charge in [-0.3, -0.25) is 0 Å². The predicted octanol–water partition coefficient (Wildman–Crippen LogP) is 5.34. The van der Waals surface area contributed by atoms with E-state index in [-0.39, 0.29) is 16.3 Å². The van der Waals surface area contributed by atoms with Gasteiger partial charge in [0.2, 0.25) is 0 Å². The summed E-state index contributed by atoms with van der Waals surface area (Å²) in [7, 11) is -8.85. The Morgan fingerprint density at radius 1 is 0.611 bits per heavy atom. The lowest BCUT2D eigenvalue weighted by molar-refractivity contribution is 0.271. The molecular formula is C27H33NO6S2. The molecule has 3 aromatic rings. The van der Waals surface area contributed by atoms with Crippen LogP contribution in [0.25, 0.3) is 0 Å². The Labute approximate surface area is 214 Å². The van der Waals surface area contributed by atoms with Crippen LogP contribution in [0.15, 0.2) is 88.7 Å². The Morgan fingerprint density at radius 3 is 1.36 bits per heavy atom. The summed E-state index contributed by atoms with van der Waals surface area (Å²) in [6.45, 7) is 8.65. The zero-order valence-corrected chi connectivity index (χ0v) is 22.6. The number of sulfonamides is 2. The third kappa shape index (κ3) is 7.09. The van der Waals surface area contributed by atoms with E-state index in [9.17, 15) is 16.8 Å². The molecule has 3 rings (SSSR count). The van der Waals surface area contributed by atoms with Crippen molar-refractivity contribution in [2.24, 2.45) is 11.8 Å². The van der Waals surface area contributed by atoms with E-state index >= 15 is 0 Å². The van der Waals surface area contributed by atoms with Crippen LogP contribution < -0.4 is 9.47 Å². The third-order valence-electron chi connectivity index (χ3n) is 5.10. The summed E-state index contributed by atoms with van der Waals surface area (Å²) in [6, 6.07) is 20.2. The summed E-state index contributed by atoms with van der Waals surface area (Å²) in [5.74, 6) is 1.64. The average molecular weight is 532 g/mol. The van der Waals surface area contributed by atoms with Gasteiger partial charge in [-0.2, -0.15) is 0 Å². The Hall–Kier alpha value is -2.88. The third-order valence-corrected chi connectivity index (χ3v) is 9.34. The van der Waals surface area contributed by atoms with Crippen molar-refractivity contribution in [2.45, 2.75) is 44.0 Å². The van der Waals surface area contributed by atoms with Crippen LogP contribution in [-0.2, 0) is 26.6 Å². The maximum atomic E-state index is 13.7. The largest absolute Gasteiger partial charge is 0.493 e. The van der Waals surface area contributed by atoms with Gasteiger partial charge in [0.25, 0.3) is 20.0 Å². The second-order valence-corrected chi connectivity index (χ2v) is 13.2. The van der Waals surface area contributed by atoms with Crippen molar-refractivity contribution >= 4 is 20.0 Å². The lowest BCUT2D eigenvalue weighted by Gasteiger charge is -2.22. The first kappa shape index (κ1) is 27.7. The molecule has 3 aromatic carbocycles. The highest BCUT2D eigenvalue weighted by Crippen LogP contribution is 2.29. The molecule has 0 amide bonds. The minimum atomic E-state index is -4.43. The summed E-state index contributed by atoms with van der Waals surface area (Å²) in [5.41, 5.74) is 0.540. The summed E-state index contributed by atoms with van der Waals surface area (Å²) in [4.78, 5) is -0.286. The Morgan fingerprint density at radius 2 is 1.00 bits per heavy atom. The quantitative estimate of drug-likeness (QED) is 0.314. The molecule has 36 heavy (non-hydrogen) atoms. The van der Waals surface area contributed by atoms with E-state index in [1.165, 1.54) is 48.5 Å². The standard InChI is InChI=1S/C27H33NO6S2/c1-21(2)19-33-24-10-14-26(15-11-24)35(29,30)28(18-23-8-6-5-7-9-23)36(31,32)27-16-12-25(13-17-27)34-20-22(3)4/h5-17,21-22H,18-20H2,1-4H3. The van der Waals surface area contributed by atoms with Crippen molar-refractivity contribution < 1.29 is 26.3 Å². The molecule has 0 aliphatic rings. The number of hydrogen-bond acceptors (Lipinski definition) is 6. The molecule has 0 unspecified atom stereocenters. The molecule has 9 heteroatoms. The molecule has 194 valence electrons. The number of nitrogens with zero attached hydrogens (tertiary/aromatic N) is 1. The first-order chi connectivity index (χ1) is 17.0. The summed E-state index contributed by atoms with van der Waals surface area (Å²) in [6.07, 6.45) is 0. The van der Waals surface area contributed by atoms with Crippen molar-refractivity contribution in [3.05, 3.63) is 84.4 Å². The monoisotopic (exact) mass is 531 g/mol. The van der Waals surface area contributed by atoms with Crippen LogP contribution in [0.1, 0.15) is 33.3 Å². The van der Waals surface area contributed by atoms with Crippen molar-refractivity contribution in [3.63, 3.8) is 0 Å². The number of ether oxygens (including phenoxy) is 2. The van der Waals surface area contributed by atoms with Crippen molar-refractivity contribution in [1.82, 2.24) is 3.71 Å². The molecule has 0 radical (unpaired) electrons. The van der Waals surface area contributed by atoms with E-state index in [1.807, 2.05) is 27.7 Å². The van der Waals surface area contributed by atoms with Crippen LogP contribution in [0.2, 0.25) is 0 Å². The van der Waals surface area contributed by atoms with Gasteiger partial charge in [-0.05, 0) is 65.9 Å². The molecule has 0 aliphatic heterocycles. The van der Waals surface area contributed by atoms with E-state index < -0.39 is 20.0 Å². The molecule has 0 saturated heterocycles. The van der Waals surface area contributed by atoms with E-state index in [4.69, 9.17) is 9.47 Å². The second-order valence-electron chi connectivity index (χ2n) is 9.28. The van der Waals surface area contributed by atoms with Gasteiger partial charge in [0.1, 0.15) is 11.5 Å². The molecule has 0 fully saturated rings. The highest BCUT2D eigenvalue weighted by molar-refractivity contribution is 8.04. The molecule has 0 bridgehead atoms. The molecule has 0 atom stereocenters. The fourth-order valence-corrected chi connectivity index (χ4v) is 6.83. The predicted molar refractivity (Wildman–Crippen MR) is 140 cm³/mol. The van der Waals surface area contributed by atoms with Gasteiger partial charge in [0.15, 0.2) is 0 Å². The molecule has 0 heterocycles. The lowest BCUT2D eigenvalue weighted by Crippen LogP contribution is -2.36. The summed E-state index contributed by atoms with van der Waals surface area (Å²) in [5, 5.41) is 0. The van der Waals surface area contributed by atoms with Gasteiger partial charge in [0, 0.05) is 0 Å². The van der Waals surface area contributed by atoms with Gasteiger partial charge < -0.3 is 9.47 Å². The van der Waals surface area contributed by atoms with Crippen molar-refractivity contribution in [1.29, 1.82) is 0 Å². The Bertz CT molecular complexity index is 1230. The summed E-state index contributed by atoms with van der Waals surface area (Å²) >= 11 is 0. The van der Waals surface area contributed by atoms with Gasteiger partial charge in [-0.1, -0.05) is 61.7 Å². The highest BCUT2D eigenvalue weighted by Gasteiger charge is 2.36. The minimum Gasteiger partial charge on any atom is -0.493 e. The molecule has 0 spiro atoms. The lowest BCUT2D eigenvalue weighted by atomic mass is 10.2. The first-order valence-corrected chi connectivity index (χ1v) is 14.7. The smallest absolute Gasteiger partial charge is 0.256 e. The second kappa shape index (κ2) is 11.9. The Balaban J connectivity index is 1.97. The molecule has 7 nitrogen and oxygen atoms in total. The number of benzene rings is 3. The molecule has 0 aliphatic carbocycles. The zero-order valence-electron chi connectivity index (χ0n) is 21.0. The van der Waals surface area contributed by atoms with Gasteiger partial charge >= 0.3 is 0 Å². The summed E-state index contributed by atoms with van der Waals surface area (Å²) < 4.78 is 66.5. The van der Waals surface area contributed by atoms with E-state index in [2.05, 4.69) is 0 Å². The highest BCUT2D eigenvalue weighted by atomic mass is 32.3. The fraction of sp³-hybridized carbons (Fsp3) is 0.333. The van der Waals surface area contributed by atoms with E-state index in [0.717, 1.165) is 0 Å². The topological polar surface area (TPSA) is 90.0 Å². The molecule has 0 saturated carbocycles. The normalized spacial score (nSPS) is 12.3. The molecule has 0 N–H and O–H groups in total. The van der Waals surface area contributed by atoms with Crippen molar-refractivity contribution in [3.8, 4) is 11.5 Å². The Kier molecular flexibility index (Phi) is 9.16. The molecular weight excluding hydrogens is 498 g/mol. The van der Waals surface area contributed by atoms with Gasteiger partial charge in [-0.25, -0.2) is 16.8 Å². The van der Waals surface area contributed by atoms with Crippen LogP contribution in [0.4, 0.5) is 0 Å². The van der Waals surface area contributed by atoms with E-state index in [0.29, 0.717) is 45.8 Å². The average Bonchev–Trinajstić information content (AvgIpc) is 2.85.